The monoisotopic (exact) mass is 514 g/mol. The number of methoxy groups -OCH3 is 2. The molecule has 0 fully saturated rings. The molecular weight excluding hydrogens is 495 g/mol. The Balaban J connectivity index is 1.75. The lowest BCUT2D eigenvalue weighted by atomic mass is 10.1. The lowest BCUT2D eigenvalue weighted by Gasteiger charge is -2.26. The number of nitrogens with zero attached hydrogens (tertiary/aromatic N) is 2. The molecule has 7 heteroatoms. The van der Waals surface area contributed by atoms with Gasteiger partial charge >= 0.3 is 0 Å². The van der Waals surface area contributed by atoms with E-state index in [1.54, 1.807) is 26.4 Å². The van der Waals surface area contributed by atoms with Gasteiger partial charge in [-0.05, 0) is 53.6 Å². The summed E-state index contributed by atoms with van der Waals surface area (Å²) < 4.78 is 25.6. The summed E-state index contributed by atoms with van der Waals surface area (Å²) >= 11 is 9.96. The maximum absolute atomic E-state index is 14.4. The molecule has 0 aliphatic rings. The van der Waals surface area contributed by atoms with Gasteiger partial charge in [-0.2, -0.15) is 0 Å². The average molecular weight is 516 g/mol. The molecule has 4 nitrogen and oxygen atoms in total. The molecule has 0 bridgehead atoms. The van der Waals surface area contributed by atoms with Crippen LogP contribution in [-0.2, 0) is 13.1 Å². The SMILES string of the molecule is COc1ccc(CN(Cc2ccc(OC)cc2)c2nc3cc(Br)cc(F)c3cc2Cl)cc1. The van der Waals surface area contributed by atoms with Crippen molar-refractivity contribution in [3.05, 3.63) is 93.2 Å². The standard InChI is InChI=1S/C25H21BrClFN2O2/c1-31-19-7-3-16(4-8-19)14-30(15-17-5-9-20(32-2)10-6-17)25-22(27)13-21-23(28)11-18(26)12-24(21)29-25/h3-13H,14-15H2,1-2H3. The van der Waals surface area contributed by atoms with Crippen LogP contribution in [-0.4, -0.2) is 19.2 Å². The summed E-state index contributed by atoms with van der Waals surface area (Å²) in [7, 11) is 3.28. The van der Waals surface area contributed by atoms with Gasteiger partial charge in [0.25, 0.3) is 0 Å². The zero-order valence-corrected chi connectivity index (χ0v) is 20.0. The second-order valence-electron chi connectivity index (χ2n) is 7.30. The van der Waals surface area contributed by atoms with Crippen molar-refractivity contribution >= 4 is 44.3 Å². The minimum Gasteiger partial charge on any atom is -0.497 e. The molecule has 0 saturated carbocycles. The van der Waals surface area contributed by atoms with Gasteiger partial charge in [-0.15, -0.1) is 0 Å². The van der Waals surface area contributed by atoms with E-state index in [0.29, 0.717) is 39.3 Å². The van der Waals surface area contributed by atoms with E-state index in [1.165, 1.54) is 6.07 Å². The van der Waals surface area contributed by atoms with E-state index < -0.39 is 0 Å². The maximum Gasteiger partial charge on any atom is 0.148 e. The normalized spacial score (nSPS) is 10.9. The van der Waals surface area contributed by atoms with Crippen LogP contribution in [0.4, 0.5) is 10.2 Å². The van der Waals surface area contributed by atoms with E-state index in [9.17, 15) is 4.39 Å². The molecular formula is C25H21BrClFN2O2. The Kier molecular flexibility index (Phi) is 6.82. The second-order valence-corrected chi connectivity index (χ2v) is 8.62. The zero-order valence-electron chi connectivity index (χ0n) is 17.6. The second kappa shape index (κ2) is 9.76. The molecule has 1 heterocycles. The Morgan fingerprint density at radius 3 is 1.91 bits per heavy atom. The van der Waals surface area contributed by atoms with Crippen LogP contribution in [0.5, 0.6) is 11.5 Å². The van der Waals surface area contributed by atoms with Gasteiger partial charge < -0.3 is 14.4 Å². The Bertz CT molecular complexity index is 1180. The van der Waals surface area contributed by atoms with Gasteiger partial charge in [0.2, 0.25) is 0 Å². The van der Waals surface area contributed by atoms with Crippen molar-refractivity contribution in [3.63, 3.8) is 0 Å². The van der Waals surface area contributed by atoms with Gasteiger partial charge in [0.1, 0.15) is 23.1 Å². The number of fused-ring (bicyclic) bond motifs is 1. The summed E-state index contributed by atoms with van der Waals surface area (Å²) in [4.78, 5) is 6.80. The van der Waals surface area contributed by atoms with Gasteiger partial charge in [-0.1, -0.05) is 51.8 Å². The molecule has 4 aromatic rings. The topological polar surface area (TPSA) is 34.6 Å². The van der Waals surface area contributed by atoms with Crippen LogP contribution in [0.25, 0.3) is 10.9 Å². The van der Waals surface area contributed by atoms with Gasteiger partial charge in [0, 0.05) is 22.9 Å². The fraction of sp³-hybridized carbons (Fsp3) is 0.160. The summed E-state index contributed by atoms with van der Waals surface area (Å²) in [5.41, 5.74) is 2.67. The van der Waals surface area contributed by atoms with Gasteiger partial charge in [0.15, 0.2) is 0 Å². The Labute approximate surface area is 199 Å². The van der Waals surface area contributed by atoms with Crippen molar-refractivity contribution in [2.24, 2.45) is 0 Å². The smallest absolute Gasteiger partial charge is 0.148 e. The molecule has 0 aliphatic carbocycles. The molecule has 0 amide bonds. The van der Waals surface area contributed by atoms with E-state index in [2.05, 4.69) is 20.8 Å². The Hall–Kier alpha value is -2.83. The summed E-state index contributed by atoms with van der Waals surface area (Å²) in [6, 6.07) is 20.5. The van der Waals surface area contributed by atoms with Gasteiger partial charge in [0.05, 0.1) is 24.8 Å². The molecule has 3 aromatic carbocycles. The van der Waals surface area contributed by atoms with Crippen molar-refractivity contribution in [2.45, 2.75) is 13.1 Å². The van der Waals surface area contributed by atoms with E-state index >= 15 is 0 Å². The molecule has 0 atom stereocenters. The van der Waals surface area contributed by atoms with E-state index in [0.717, 1.165) is 22.6 Å². The van der Waals surface area contributed by atoms with Gasteiger partial charge in [-0.3, -0.25) is 0 Å². The molecule has 0 radical (unpaired) electrons. The van der Waals surface area contributed by atoms with Crippen molar-refractivity contribution < 1.29 is 13.9 Å². The molecule has 0 spiro atoms. The minimum atomic E-state index is -0.368. The van der Waals surface area contributed by atoms with E-state index in [-0.39, 0.29) is 5.82 Å². The van der Waals surface area contributed by atoms with E-state index in [4.69, 9.17) is 26.1 Å². The molecule has 0 unspecified atom stereocenters. The number of anilines is 1. The third-order valence-corrected chi connectivity index (χ3v) is 5.88. The van der Waals surface area contributed by atoms with Crippen LogP contribution >= 0.6 is 27.5 Å². The van der Waals surface area contributed by atoms with Crippen LogP contribution in [0.15, 0.2) is 71.2 Å². The predicted octanol–water partition coefficient (Wildman–Crippen LogP) is 7.01. The molecule has 164 valence electrons. The first kappa shape index (κ1) is 22.4. The summed E-state index contributed by atoms with van der Waals surface area (Å²) in [5, 5.41) is 0.775. The van der Waals surface area contributed by atoms with Gasteiger partial charge in [-0.25, -0.2) is 9.37 Å². The van der Waals surface area contributed by atoms with Crippen LogP contribution in [0.3, 0.4) is 0 Å². The number of halogens is 3. The first-order valence-corrected chi connectivity index (χ1v) is 11.1. The first-order valence-electron chi connectivity index (χ1n) is 9.93. The van der Waals surface area contributed by atoms with Crippen LogP contribution in [0.1, 0.15) is 11.1 Å². The quantitative estimate of drug-likeness (QED) is 0.265. The van der Waals surface area contributed by atoms with Crippen molar-refractivity contribution in [1.29, 1.82) is 0 Å². The third-order valence-electron chi connectivity index (χ3n) is 5.15. The maximum atomic E-state index is 14.4. The predicted molar refractivity (Wildman–Crippen MR) is 130 cm³/mol. The highest BCUT2D eigenvalue weighted by Crippen LogP contribution is 2.33. The van der Waals surface area contributed by atoms with E-state index in [1.807, 2.05) is 48.5 Å². The van der Waals surface area contributed by atoms with Crippen LogP contribution < -0.4 is 14.4 Å². The summed E-state index contributed by atoms with van der Waals surface area (Å²) in [6.45, 7) is 1.12. The van der Waals surface area contributed by atoms with Crippen molar-refractivity contribution in [1.82, 2.24) is 4.98 Å². The Morgan fingerprint density at radius 1 is 0.875 bits per heavy atom. The number of rotatable bonds is 7. The number of aromatic nitrogens is 1. The summed E-state index contributed by atoms with van der Waals surface area (Å²) in [6.07, 6.45) is 0. The first-order chi connectivity index (χ1) is 15.5. The highest BCUT2D eigenvalue weighted by Gasteiger charge is 2.17. The number of ether oxygens (including phenoxy) is 2. The highest BCUT2D eigenvalue weighted by atomic mass is 79.9. The third kappa shape index (κ3) is 4.97. The number of hydrogen-bond acceptors (Lipinski definition) is 4. The van der Waals surface area contributed by atoms with Crippen LogP contribution in [0.2, 0.25) is 5.02 Å². The molecule has 1 aromatic heterocycles. The zero-order chi connectivity index (χ0) is 22.7. The molecule has 0 aliphatic heterocycles. The van der Waals surface area contributed by atoms with Crippen molar-refractivity contribution in [2.75, 3.05) is 19.1 Å². The number of hydrogen-bond donors (Lipinski definition) is 0. The highest BCUT2D eigenvalue weighted by molar-refractivity contribution is 9.10. The molecule has 4 rings (SSSR count). The minimum absolute atomic E-state index is 0.368. The fourth-order valence-corrected chi connectivity index (χ4v) is 4.18. The van der Waals surface area contributed by atoms with Crippen molar-refractivity contribution in [3.8, 4) is 11.5 Å². The average Bonchev–Trinajstić information content (AvgIpc) is 2.80. The molecule has 32 heavy (non-hydrogen) atoms. The summed E-state index contributed by atoms with van der Waals surface area (Å²) in [5.74, 6) is 1.80. The number of benzene rings is 3. The Morgan fingerprint density at radius 2 is 1.41 bits per heavy atom. The lowest BCUT2D eigenvalue weighted by molar-refractivity contribution is 0.414. The lowest BCUT2D eigenvalue weighted by Crippen LogP contribution is -2.23. The number of pyridine rings is 1. The molecule has 0 saturated heterocycles. The largest absolute Gasteiger partial charge is 0.497 e. The fourth-order valence-electron chi connectivity index (χ4n) is 3.50. The van der Waals surface area contributed by atoms with Crippen LogP contribution in [0, 0.1) is 5.82 Å². The molecule has 0 N–H and O–H groups in total.